The van der Waals surface area contributed by atoms with Crippen LogP contribution < -0.4 is 20.3 Å². The number of amides is 2. The molecule has 2 aromatic carbocycles. The second kappa shape index (κ2) is 10.2. The fourth-order valence-electron chi connectivity index (χ4n) is 3.90. The summed E-state index contributed by atoms with van der Waals surface area (Å²) >= 11 is 1.26. The van der Waals surface area contributed by atoms with Crippen LogP contribution in [0.25, 0.3) is 10.2 Å². The van der Waals surface area contributed by atoms with Gasteiger partial charge in [-0.3, -0.25) is 14.7 Å². The molecule has 0 aliphatic carbocycles. The van der Waals surface area contributed by atoms with Gasteiger partial charge in [0.2, 0.25) is 0 Å². The van der Waals surface area contributed by atoms with Gasteiger partial charge in [-0.25, -0.2) is 0 Å². The lowest BCUT2D eigenvalue weighted by Gasteiger charge is -2.28. The van der Waals surface area contributed by atoms with Crippen LogP contribution in [0.4, 0.5) is 11.5 Å². The molecule has 10 heteroatoms. The van der Waals surface area contributed by atoms with Crippen LogP contribution in [0.2, 0.25) is 0 Å². The summed E-state index contributed by atoms with van der Waals surface area (Å²) in [5.41, 5.74) is 2.54. The van der Waals surface area contributed by atoms with Crippen LogP contribution in [0.3, 0.4) is 0 Å². The highest BCUT2D eigenvalue weighted by Crippen LogP contribution is 2.29. The number of nitrogens with one attached hydrogen (secondary N) is 3. The van der Waals surface area contributed by atoms with Gasteiger partial charge in [-0.15, -0.1) is 11.3 Å². The zero-order chi connectivity index (χ0) is 24.2. The van der Waals surface area contributed by atoms with E-state index in [1.54, 1.807) is 25.3 Å². The van der Waals surface area contributed by atoms with Crippen LogP contribution in [0.1, 0.15) is 25.6 Å². The standard InChI is InChI=1S/C25H25N5O4S/c1-33-19-4-2-3-16(13-19)15-26-24(32)21-14-20-22(28-29-25(20)35-21)27-23(31)17-5-7-18(8-6-17)30-9-11-34-12-10-30/h2-8,13-14H,9-12,15H2,1H3,(H,26,32)(H2,27,28,29,31). The van der Waals surface area contributed by atoms with Crippen molar-refractivity contribution in [1.82, 2.24) is 15.5 Å². The van der Waals surface area contributed by atoms with E-state index in [-0.39, 0.29) is 11.8 Å². The number of thiophene rings is 1. The molecule has 5 rings (SSSR count). The quantitative estimate of drug-likeness (QED) is 0.364. The molecule has 0 atom stereocenters. The van der Waals surface area contributed by atoms with Crippen LogP contribution in [-0.4, -0.2) is 55.4 Å². The van der Waals surface area contributed by atoms with Gasteiger partial charge in [0.1, 0.15) is 16.4 Å². The molecule has 3 heterocycles. The lowest BCUT2D eigenvalue weighted by Crippen LogP contribution is -2.36. The number of methoxy groups -OCH3 is 1. The first-order valence-electron chi connectivity index (χ1n) is 11.2. The second-order valence-electron chi connectivity index (χ2n) is 8.06. The molecule has 0 bridgehead atoms. The molecule has 0 radical (unpaired) electrons. The van der Waals surface area contributed by atoms with Gasteiger partial charge in [-0.2, -0.15) is 5.10 Å². The van der Waals surface area contributed by atoms with Crippen molar-refractivity contribution >= 4 is 44.9 Å². The van der Waals surface area contributed by atoms with E-state index in [0.717, 1.165) is 30.1 Å². The third kappa shape index (κ3) is 5.13. The molecule has 0 spiro atoms. The van der Waals surface area contributed by atoms with Gasteiger partial charge in [-0.05, 0) is 48.0 Å². The molecule has 0 saturated carbocycles. The predicted octanol–water partition coefficient (Wildman–Crippen LogP) is 3.65. The minimum absolute atomic E-state index is 0.202. The number of morpholine rings is 1. The maximum absolute atomic E-state index is 12.8. The van der Waals surface area contributed by atoms with Crippen molar-refractivity contribution in [1.29, 1.82) is 0 Å². The number of ether oxygens (including phenoxy) is 2. The number of carbonyl (C=O) groups is 2. The molecule has 2 amide bonds. The van der Waals surface area contributed by atoms with Crippen LogP contribution in [0.15, 0.2) is 54.6 Å². The molecule has 35 heavy (non-hydrogen) atoms. The molecule has 1 aliphatic heterocycles. The number of fused-ring (bicyclic) bond motifs is 1. The first kappa shape index (κ1) is 22.9. The van der Waals surface area contributed by atoms with Gasteiger partial charge >= 0.3 is 0 Å². The number of rotatable bonds is 7. The van der Waals surface area contributed by atoms with Gasteiger partial charge in [0.05, 0.1) is 30.6 Å². The van der Waals surface area contributed by atoms with E-state index in [4.69, 9.17) is 9.47 Å². The SMILES string of the molecule is COc1cccc(CNC(=O)c2cc3c(NC(=O)c4ccc(N5CCOCC5)cc4)[nH]nc3s2)c1. The number of aromatic nitrogens is 2. The molecule has 9 nitrogen and oxygen atoms in total. The third-order valence-electron chi connectivity index (χ3n) is 5.81. The highest BCUT2D eigenvalue weighted by Gasteiger charge is 2.18. The summed E-state index contributed by atoms with van der Waals surface area (Å²) in [6.45, 7) is 3.47. The van der Waals surface area contributed by atoms with Crippen LogP contribution in [0.5, 0.6) is 5.75 Å². The number of hydrogen-bond acceptors (Lipinski definition) is 7. The summed E-state index contributed by atoms with van der Waals surface area (Å²) in [6.07, 6.45) is 0. The molecular formula is C25H25N5O4S. The van der Waals surface area contributed by atoms with Crippen molar-refractivity contribution in [3.8, 4) is 5.75 Å². The normalized spacial score (nSPS) is 13.6. The van der Waals surface area contributed by atoms with Crippen molar-refractivity contribution < 1.29 is 19.1 Å². The number of nitrogens with zero attached hydrogens (tertiary/aromatic N) is 2. The number of hydrogen-bond donors (Lipinski definition) is 3. The zero-order valence-corrected chi connectivity index (χ0v) is 20.0. The maximum Gasteiger partial charge on any atom is 0.261 e. The Hall–Kier alpha value is -3.89. The predicted molar refractivity (Wildman–Crippen MR) is 136 cm³/mol. The molecular weight excluding hydrogens is 466 g/mol. The summed E-state index contributed by atoms with van der Waals surface area (Å²) in [5, 5.41) is 13.6. The fraction of sp³-hybridized carbons (Fsp3) is 0.240. The fourth-order valence-corrected chi connectivity index (χ4v) is 4.81. The van der Waals surface area contributed by atoms with Gasteiger partial charge in [0.15, 0.2) is 0 Å². The summed E-state index contributed by atoms with van der Waals surface area (Å²) in [6, 6.07) is 16.8. The topological polar surface area (TPSA) is 109 Å². The van der Waals surface area contributed by atoms with Gasteiger partial charge in [0.25, 0.3) is 11.8 Å². The van der Waals surface area contributed by atoms with E-state index in [1.165, 1.54) is 11.3 Å². The first-order chi connectivity index (χ1) is 17.1. The van der Waals surface area contributed by atoms with E-state index >= 15 is 0 Å². The molecule has 1 saturated heterocycles. The van der Waals surface area contributed by atoms with Gasteiger partial charge < -0.3 is 25.0 Å². The van der Waals surface area contributed by atoms with Crippen molar-refractivity contribution in [3.63, 3.8) is 0 Å². The van der Waals surface area contributed by atoms with Crippen LogP contribution in [-0.2, 0) is 11.3 Å². The Labute approximate surface area is 206 Å². The van der Waals surface area contributed by atoms with Crippen molar-refractivity contribution in [2.75, 3.05) is 43.6 Å². The molecule has 1 aliphatic rings. The Morgan fingerprint density at radius 1 is 1.11 bits per heavy atom. The highest BCUT2D eigenvalue weighted by molar-refractivity contribution is 7.20. The molecule has 1 fully saturated rings. The number of H-pyrrole nitrogens is 1. The third-order valence-corrected chi connectivity index (χ3v) is 6.83. The minimum Gasteiger partial charge on any atom is -0.497 e. The number of carbonyl (C=O) groups excluding carboxylic acids is 2. The lowest BCUT2D eigenvalue weighted by molar-refractivity contribution is 0.0954. The van der Waals surface area contributed by atoms with E-state index in [9.17, 15) is 9.59 Å². The molecule has 2 aromatic heterocycles. The maximum atomic E-state index is 12.8. The van der Waals surface area contributed by atoms with E-state index < -0.39 is 0 Å². The Morgan fingerprint density at radius 2 is 1.91 bits per heavy atom. The van der Waals surface area contributed by atoms with Crippen molar-refractivity contribution in [2.24, 2.45) is 0 Å². The molecule has 4 aromatic rings. The van der Waals surface area contributed by atoms with Crippen LogP contribution in [0, 0.1) is 0 Å². The summed E-state index contributed by atoms with van der Waals surface area (Å²) < 4.78 is 10.6. The van der Waals surface area contributed by atoms with Crippen LogP contribution >= 0.6 is 11.3 Å². The monoisotopic (exact) mass is 491 g/mol. The minimum atomic E-state index is -0.251. The Morgan fingerprint density at radius 3 is 2.69 bits per heavy atom. The number of aromatic amines is 1. The Kier molecular flexibility index (Phi) is 6.64. The second-order valence-corrected chi connectivity index (χ2v) is 9.09. The van der Waals surface area contributed by atoms with E-state index in [2.05, 4.69) is 25.7 Å². The lowest BCUT2D eigenvalue weighted by atomic mass is 10.1. The number of anilines is 2. The molecule has 0 unspecified atom stereocenters. The van der Waals surface area contributed by atoms with E-state index in [1.807, 2.05) is 36.4 Å². The molecule has 3 N–H and O–H groups in total. The number of benzene rings is 2. The van der Waals surface area contributed by atoms with Crippen molar-refractivity contribution in [3.05, 3.63) is 70.6 Å². The zero-order valence-electron chi connectivity index (χ0n) is 19.2. The molecule has 180 valence electrons. The summed E-state index contributed by atoms with van der Waals surface area (Å²) in [5.74, 6) is 0.749. The Balaban J connectivity index is 1.23. The van der Waals surface area contributed by atoms with Gasteiger partial charge in [-0.1, -0.05) is 12.1 Å². The largest absolute Gasteiger partial charge is 0.497 e. The summed E-state index contributed by atoms with van der Waals surface area (Å²) in [7, 11) is 1.61. The van der Waals surface area contributed by atoms with Crippen molar-refractivity contribution in [2.45, 2.75) is 6.54 Å². The average molecular weight is 492 g/mol. The average Bonchev–Trinajstić information content (AvgIpc) is 3.50. The highest BCUT2D eigenvalue weighted by atomic mass is 32.1. The van der Waals surface area contributed by atoms with Gasteiger partial charge in [0, 0.05) is 30.9 Å². The smallest absolute Gasteiger partial charge is 0.261 e. The van der Waals surface area contributed by atoms with E-state index in [0.29, 0.717) is 46.2 Å². The first-order valence-corrected chi connectivity index (χ1v) is 12.1. The Bertz CT molecular complexity index is 1340. The summed E-state index contributed by atoms with van der Waals surface area (Å²) in [4.78, 5) is 28.9.